The Morgan fingerprint density at radius 3 is 2.31 bits per heavy atom. The third-order valence-electron chi connectivity index (χ3n) is 4.99. The molecule has 0 radical (unpaired) electrons. The number of halogens is 2. The van der Waals surface area contributed by atoms with Crippen LogP contribution in [0.5, 0.6) is 0 Å². The van der Waals surface area contributed by atoms with Crippen LogP contribution in [0.4, 0.5) is 17.1 Å². The van der Waals surface area contributed by atoms with Crippen LogP contribution in [0.3, 0.4) is 0 Å². The molecule has 2 amide bonds. The molecule has 2 aromatic carbocycles. The summed E-state index contributed by atoms with van der Waals surface area (Å²) < 4.78 is 0. The van der Waals surface area contributed by atoms with Gasteiger partial charge in [0.25, 0.3) is 5.69 Å². The van der Waals surface area contributed by atoms with E-state index in [4.69, 9.17) is 23.2 Å². The van der Waals surface area contributed by atoms with Crippen LogP contribution >= 0.6 is 23.2 Å². The number of carbonyl (C=O) groups is 2. The van der Waals surface area contributed by atoms with Crippen LogP contribution in [0.2, 0.25) is 10.0 Å². The van der Waals surface area contributed by atoms with E-state index in [1.165, 1.54) is 17.0 Å². The van der Waals surface area contributed by atoms with Crippen LogP contribution in [0.1, 0.15) is 24.0 Å². The number of non-ortho nitro benzene ring substituents is 1. The Labute approximate surface area is 194 Å². The van der Waals surface area contributed by atoms with Crippen molar-refractivity contribution in [2.75, 3.05) is 19.6 Å². The molecule has 1 saturated heterocycles. The SMILES string of the molecule is Cc1cc(CCNCCN2C(=O)CCC2=O)ccc1N=Nc1c(Cl)cc([N+](=O)[O-])cc1Cl. The summed E-state index contributed by atoms with van der Waals surface area (Å²) in [5, 5.41) is 22.5. The van der Waals surface area contributed by atoms with E-state index in [9.17, 15) is 19.7 Å². The highest BCUT2D eigenvalue weighted by molar-refractivity contribution is 6.39. The van der Waals surface area contributed by atoms with Gasteiger partial charge in [-0.3, -0.25) is 24.6 Å². The van der Waals surface area contributed by atoms with E-state index in [-0.39, 0.29) is 33.2 Å². The van der Waals surface area contributed by atoms with E-state index < -0.39 is 4.92 Å². The zero-order valence-corrected chi connectivity index (χ0v) is 18.8. The van der Waals surface area contributed by atoms with Crippen molar-refractivity contribution in [2.24, 2.45) is 10.2 Å². The maximum Gasteiger partial charge on any atom is 0.272 e. The minimum atomic E-state index is -0.581. The molecule has 9 nitrogen and oxygen atoms in total. The fraction of sp³-hybridized carbons (Fsp3) is 0.333. The van der Waals surface area contributed by atoms with E-state index in [1.54, 1.807) is 0 Å². The van der Waals surface area contributed by atoms with Crippen LogP contribution in [0.15, 0.2) is 40.6 Å². The molecule has 168 valence electrons. The van der Waals surface area contributed by atoms with Crippen LogP contribution in [-0.2, 0) is 16.0 Å². The second-order valence-electron chi connectivity index (χ2n) is 7.28. The van der Waals surface area contributed by atoms with Gasteiger partial charge in [-0.2, -0.15) is 5.11 Å². The molecular weight excluding hydrogens is 457 g/mol. The summed E-state index contributed by atoms with van der Waals surface area (Å²) in [6, 6.07) is 8.10. The summed E-state index contributed by atoms with van der Waals surface area (Å²) >= 11 is 12.1. The number of carbonyl (C=O) groups excluding carboxylic acids is 2. The number of rotatable bonds is 9. The first-order valence-corrected chi connectivity index (χ1v) is 10.7. The molecule has 0 spiro atoms. The average molecular weight is 478 g/mol. The first-order chi connectivity index (χ1) is 15.3. The van der Waals surface area contributed by atoms with Crippen molar-refractivity contribution in [3.05, 3.63) is 61.6 Å². The zero-order valence-electron chi connectivity index (χ0n) is 17.3. The Morgan fingerprint density at radius 1 is 1.06 bits per heavy atom. The number of benzene rings is 2. The highest BCUT2D eigenvalue weighted by Gasteiger charge is 2.27. The van der Waals surface area contributed by atoms with Gasteiger partial charge in [0, 0.05) is 38.1 Å². The Kier molecular flexibility index (Phi) is 7.89. The lowest BCUT2D eigenvalue weighted by Gasteiger charge is -2.14. The molecule has 2 aromatic rings. The highest BCUT2D eigenvalue weighted by atomic mass is 35.5. The van der Waals surface area contributed by atoms with Crippen LogP contribution < -0.4 is 5.32 Å². The molecule has 1 fully saturated rings. The molecule has 1 aliphatic heterocycles. The number of likely N-dealkylation sites (tertiary alicyclic amines) is 1. The van der Waals surface area contributed by atoms with Crippen molar-refractivity contribution >= 4 is 52.1 Å². The van der Waals surface area contributed by atoms with Crippen LogP contribution in [0.25, 0.3) is 0 Å². The molecule has 1 N–H and O–H groups in total. The molecule has 32 heavy (non-hydrogen) atoms. The predicted octanol–water partition coefficient (Wildman–Crippen LogP) is 4.91. The third kappa shape index (κ3) is 5.87. The number of hydrogen-bond donors (Lipinski definition) is 1. The topological polar surface area (TPSA) is 117 Å². The number of azo groups is 1. The van der Waals surface area contributed by atoms with E-state index >= 15 is 0 Å². The van der Waals surface area contributed by atoms with E-state index in [0.29, 0.717) is 38.2 Å². The molecule has 0 atom stereocenters. The fourth-order valence-electron chi connectivity index (χ4n) is 3.26. The maximum absolute atomic E-state index is 11.6. The lowest BCUT2D eigenvalue weighted by molar-refractivity contribution is -0.384. The smallest absolute Gasteiger partial charge is 0.272 e. The normalized spacial score (nSPS) is 14.0. The molecule has 3 rings (SSSR count). The summed E-state index contributed by atoms with van der Waals surface area (Å²) in [6.45, 7) is 3.54. The summed E-state index contributed by atoms with van der Waals surface area (Å²) in [6.07, 6.45) is 1.38. The minimum absolute atomic E-state index is 0.0469. The maximum atomic E-state index is 11.6. The number of aryl methyl sites for hydroxylation is 1. The molecule has 0 unspecified atom stereocenters. The minimum Gasteiger partial charge on any atom is -0.315 e. The van der Waals surface area contributed by atoms with Gasteiger partial charge >= 0.3 is 0 Å². The van der Waals surface area contributed by atoms with Crippen molar-refractivity contribution in [2.45, 2.75) is 26.2 Å². The summed E-state index contributed by atoms with van der Waals surface area (Å²) in [5.41, 5.74) is 2.56. The van der Waals surface area contributed by atoms with Gasteiger partial charge in [-0.25, -0.2) is 0 Å². The number of nitro benzene ring substituents is 1. The summed E-state index contributed by atoms with van der Waals surface area (Å²) in [4.78, 5) is 34.8. The zero-order chi connectivity index (χ0) is 23.3. The molecule has 11 heteroatoms. The molecule has 0 saturated carbocycles. The van der Waals surface area contributed by atoms with Gasteiger partial charge in [-0.15, -0.1) is 5.11 Å². The van der Waals surface area contributed by atoms with Gasteiger partial charge < -0.3 is 5.32 Å². The van der Waals surface area contributed by atoms with Gasteiger partial charge in [-0.05, 0) is 37.1 Å². The van der Waals surface area contributed by atoms with Gasteiger partial charge in [0.1, 0.15) is 5.69 Å². The average Bonchev–Trinajstić information content (AvgIpc) is 3.06. The number of hydrogen-bond acceptors (Lipinski definition) is 7. The van der Waals surface area contributed by atoms with Crippen molar-refractivity contribution in [1.29, 1.82) is 0 Å². The lowest BCUT2D eigenvalue weighted by Crippen LogP contribution is -2.36. The Morgan fingerprint density at radius 2 is 1.72 bits per heavy atom. The number of imide groups is 1. The lowest BCUT2D eigenvalue weighted by atomic mass is 10.1. The first kappa shape index (κ1) is 23.8. The summed E-state index contributed by atoms with van der Waals surface area (Å²) in [5.74, 6) is -0.207. The second kappa shape index (κ2) is 10.6. The van der Waals surface area contributed by atoms with Crippen molar-refractivity contribution in [3.63, 3.8) is 0 Å². The molecule has 1 heterocycles. The molecule has 0 aliphatic carbocycles. The molecule has 0 bridgehead atoms. The second-order valence-corrected chi connectivity index (χ2v) is 8.09. The monoisotopic (exact) mass is 477 g/mol. The highest BCUT2D eigenvalue weighted by Crippen LogP contribution is 2.38. The molecule has 0 aromatic heterocycles. The van der Waals surface area contributed by atoms with E-state index in [0.717, 1.165) is 17.5 Å². The van der Waals surface area contributed by atoms with Gasteiger partial charge in [0.2, 0.25) is 11.8 Å². The number of nitrogens with zero attached hydrogens (tertiary/aromatic N) is 4. The predicted molar refractivity (Wildman–Crippen MR) is 121 cm³/mol. The number of amides is 2. The molecule has 1 aliphatic rings. The van der Waals surface area contributed by atoms with Gasteiger partial charge in [0.05, 0.1) is 20.7 Å². The largest absolute Gasteiger partial charge is 0.315 e. The third-order valence-corrected chi connectivity index (χ3v) is 5.57. The Hall–Kier alpha value is -2.88. The van der Waals surface area contributed by atoms with Crippen molar-refractivity contribution in [1.82, 2.24) is 10.2 Å². The Balaban J connectivity index is 1.54. The molecular formula is C21H21Cl2N5O4. The number of nitro groups is 1. The standard InChI is InChI=1S/C21H21Cl2N5O4/c1-13-10-14(6-7-24-8-9-27-19(29)4-5-20(27)30)2-3-18(13)25-26-21-16(22)11-15(28(31)32)12-17(21)23/h2-3,10-12,24H,4-9H2,1H3. The Bertz CT molecular complexity index is 1050. The quantitative estimate of drug-likeness (QED) is 0.181. The first-order valence-electron chi connectivity index (χ1n) is 9.95. The number of nitrogens with one attached hydrogen (secondary N) is 1. The van der Waals surface area contributed by atoms with Crippen LogP contribution in [0, 0.1) is 17.0 Å². The van der Waals surface area contributed by atoms with E-state index in [2.05, 4.69) is 15.5 Å². The van der Waals surface area contributed by atoms with Crippen LogP contribution in [-0.4, -0.2) is 41.3 Å². The summed E-state index contributed by atoms with van der Waals surface area (Å²) in [7, 11) is 0. The van der Waals surface area contributed by atoms with Gasteiger partial charge in [-0.1, -0.05) is 35.3 Å². The fourth-order valence-corrected chi connectivity index (χ4v) is 3.81. The van der Waals surface area contributed by atoms with Crippen molar-refractivity contribution in [3.8, 4) is 0 Å². The van der Waals surface area contributed by atoms with Crippen molar-refractivity contribution < 1.29 is 14.5 Å². The van der Waals surface area contributed by atoms with Gasteiger partial charge in [0.15, 0.2) is 0 Å². The van der Waals surface area contributed by atoms with E-state index in [1.807, 2.05) is 25.1 Å².